The molecule has 0 spiro atoms. The quantitative estimate of drug-likeness (QED) is 0.837. The lowest BCUT2D eigenvalue weighted by Crippen LogP contribution is -2.28. The lowest BCUT2D eigenvalue weighted by Gasteiger charge is -2.18. The summed E-state index contributed by atoms with van der Waals surface area (Å²) < 4.78 is 1.60. The summed E-state index contributed by atoms with van der Waals surface area (Å²) in [5.41, 5.74) is 2.75. The van der Waals surface area contributed by atoms with Crippen LogP contribution in [0.3, 0.4) is 0 Å². The number of benzene rings is 1. The fraction of sp³-hybridized carbons (Fsp3) is 0.368. The Bertz CT molecular complexity index is 766. The van der Waals surface area contributed by atoms with Gasteiger partial charge in [-0.3, -0.25) is 9.48 Å². The topological polar surface area (TPSA) is 46.9 Å². The van der Waals surface area contributed by atoms with Gasteiger partial charge in [-0.1, -0.05) is 48.9 Å². The fourth-order valence-corrected chi connectivity index (χ4v) is 3.35. The monoisotopic (exact) mass is 343 g/mol. The number of hydrogen-bond acceptors (Lipinski definition) is 2. The Morgan fingerprint density at radius 2 is 2.08 bits per heavy atom. The number of nitrogens with one attached hydrogen (secondary N) is 1. The minimum Gasteiger partial charge on any atom is -0.345 e. The third-order valence-corrected chi connectivity index (χ3v) is 5.10. The average molecular weight is 344 g/mol. The van der Waals surface area contributed by atoms with Gasteiger partial charge in [-0.2, -0.15) is 5.10 Å². The van der Waals surface area contributed by atoms with Gasteiger partial charge in [-0.15, -0.1) is 0 Å². The zero-order chi connectivity index (χ0) is 17.3. The van der Waals surface area contributed by atoms with Crippen LogP contribution in [-0.4, -0.2) is 15.7 Å². The average Bonchev–Trinajstić information content (AvgIpc) is 3.23. The Hall–Kier alpha value is -2.07. The predicted molar refractivity (Wildman–Crippen MR) is 96.6 cm³/mol. The van der Waals surface area contributed by atoms with E-state index >= 15 is 0 Å². The van der Waals surface area contributed by atoms with Gasteiger partial charge in [0.25, 0.3) is 0 Å². The van der Waals surface area contributed by atoms with Crippen molar-refractivity contribution in [3.63, 3.8) is 0 Å². The van der Waals surface area contributed by atoms with Gasteiger partial charge in [0.15, 0.2) is 0 Å². The van der Waals surface area contributed by atoms with Crippen molar-refractivity contribution in [2.75, 3.05) is 0 Å². The molecule has 1 heterocycles. The minimum absolute atomic E-state index is 0.0591. The van der Waals surface area contributed by atoms with Crippen LogP contribution in [0.15, 0.2) is 36.4 Å². The van der Waals surface area contributed by atoms with Gasteiger partial charge in [0.2, 0.25) is 5.91 Å². The summed E-state index contributed by atoms with van der Waals surface area (Å²) in [6, 6.07) is 10.2. The standard InChI is InChI=1S/C19H22ClN3O/c1-12-11-16(12)18(14-7-5-4-6-8-14)21-17(24)10-9-15-13(2)22-23(3)19(15)20/h4-10,12,16,18H,11H2,1-3H3,(H,21,24)/b10-9+. The summed E-state index contributed by atoms with van der Waals surface area (Å²) in [6.45, 7) is 4.10. The van der Waals surface area contributed by atoms with E-state index in [1.54, 1.807) is 23.9 Å². The molecule has 1 aromatic carbocycles. The van der Waals surface area contributed by atoms with Crippen molar-refractivity contribution in [3.8, 4) is 0 Å². The van der Waals surface area contributed by atoms with Crippen LogP contribution in [0.25, 0.3) is 6.08 Å². The highest BCUT2D eigenvalue weighted by Crippen LogP contribution is 2.46. The highest BCUT2D eigenvalue weighted by molar-refractivity contribution is 6.31. The Morgan fingerprint density at radius 3 is 2.62 bits per heavy atom. The molecule has 1 amide bonds. The van der Waals surface area contributed by atoms with Crippen molar-refractivity contribution in [2.24, 2.45) is 18.9 Å². The highest BCUT2D eigenvalue weighted by Gasteiger charge is 2.40. The number of aromatic nitrogens is 2. The predicted octanol–water partition coefficient (Wildman–Crippen LogP) is 3.91. The Labute approximate surface area is 147 Å². The van der Waals surface area contributed by atoms with Crippen molar-refractivity contribution in [3.05, 3.63) is 58.4 Å². The van der Waals surface area contributed by atoms with E-state index in [1.807, 2.05) is 25.1 Å². The van der Waals surface area contributed by atoms with Gasteiger partial charge >= 0.3 is 0 Å². The molecule has 0 aliphatic heterocycles. The van der Waals surface area contributed by atoms with Gasteiger partial charge in [0.1, 0.15) is 5.15 Å². The number of nitrogens with zero attached hydrogens (tertiary/aromatic N) is 2. The largest absolute Gasteiger partial charge is 0.345 e. The second-order valence-corrected chi connectivity index (χ2v) is 6.88. The summed E-state index contributed by atoms with van der Waals surface area (Å²) in [6.07, 6.45) is 4.42. The normalized spacial score (nSPS) is 21.0. The van der Waals surface area contributed by atoms with Gasteiger partial charge in [-0.25, -0.2) is 0 Å². The van der Waals surface area contributed by atoms with Crippen LogP contribution in [0.4, 0.5) is 0 Å². The second kappa shape index (κ2) is 6.81. The summed E-state index contributed by atoms with van der Waals surface area (Å²) in [5.74, 6) is 1.05. The van der Waals surface area contributed by atoms with Crippen LogP contribution in [0.2, 0.25) is 5.15 Å². The molecular weight excluding hydrogens is 322 g/mol. The molecule has 5 heteroatoms. The number of carbonyl (C=O) groups excluding carboxylic acids is 1. The van der Waals surface area contributed by atoms with Crippen LogP contribution in [0.5, 0.6) is 0 Å². The SMILES string of the molecule is Cc1nn(C)c(Cl)c1/C=C/C(=O)NC(c1ccccc1)C1CC1C. The first kappa shape index (κ1) is 16.8. The third kappa shape index (κ3) is 3.54. The van der Waals surface area contributed by atoms with E-state index in [0.717, 1.165) is 23.2 Å². The first-order valence-electron chi connectivity index (χ1n) is 8.20. The molecule has 1 aromatic heterocycles. The van der Waals surface area contributed by atoms with E-state index in [0.29, 0.717) is 17.0 Å². The Kier molecular flexibility index (Phi) is 4.76. The van der Waals surface area contributed by atoms with Crippen LogP contribution in [0.1, 0.15) is 36.2 Å². The molecule has 1 saturated carbocycles. The number of amides is 1. The van der Waals surface area contributed by atoms with Gasteiger partial charge in [-0.05, 0) is 36.8 Å². The maximum Gasteiger partial charge on any atom is 0.244 e. The molecule has 2 aromatic rings. The maximum atomic E-state index is 12.4. The number of hydrogen-bond donors (Lipinski definition) is 1. The fourth-order valence-electron chi connectivity index (χ4n) is 3.11. The molecule has 0 radical (unpaired) electrons. The summed E-state index contributed by atoms with van der Waals surface area (Å²) in [4.78, 5) is 12.4. The van der Waals surface area contributed by atoms with E-state index in [4.69, 9.17) is 11.6 Å². The van der Waals surface area contributed by atoms with E-state index in [2.05, 4.69) is 29.5 Å². The molecular formula is C19H22ClN3O. The minimum atomic E-state index is -0.109. The molecule has 24 heavy (non-hydrogen) atoms. The van der Waals surface area contributed by atoms with Gasteiger partial charge in [0, 0.05) is 18.7 Å². The summed E-state index contributed by atoms with van der Waals surface area (Å²) in [5, 5.41) is 7.93. The van der Waals surface area contributed by atoms with E-state index in [1.165, 1.54) is 0 Å². The number of carbonyl (C=O) groups is 1. The highest BCUT2D eigenvalue weighted by atomic mass is 35.5. The number of aryl methyl sites for hydroxylation is 2. The molecule has 1 aliphatic carbocycles. The lowest BCUT2D eigenvalue weighted by molar-refractivity contribution is -0.117. The Balaban J connectivity index is 1.73. The van der Waals surface area contributed by atoms with Gasteiger partial charge in [0.05, 0.1) is 11.7 Å². The Morgan fingerprint density at radius 1 is 1.42 bits per heavy atom. The smallest absolute Gasteiger partial charge is 0.244 e. The first-order chi connectivity index (χ1) is 11.5. The molecule has 1 fully saturated rings. The lowest BCUT2D eigenvalue weighted by atomic mass is 10.0. The van der Waals surface area contributed by atoms with E-state index in [-0.39, 0.29) is 11.9 Å². The van der Waals surface area contributed by atoms with E-state index < -0.39 is 0 Å². The first-order valence-corrected chi connectivity index (χ1v) is 8.57. The molecule has 1 aliphatic rings. The molecule has 3 rings (SSSR count). The molecule has 3 atom stereocenters. The third-order valence-electron chi connectivity index (χ3n) is 4.65. The number of halogens is 1. The second-order valence-electron chi connectivity index (χ2n) is 6.52. The van der Waals surface area contributed by atoms with E-state index in [9.17, 15) is 4.79 Å². The zero-order valence-electron chi connectivity index (χ0n) is 14.2. The molecule has 4 nitrogen and oxygen atoms in total. The van der Waals surface area contributed by atoms with Crippen molar-refractivity contribution < 1.29 is 4.79 Å². The maximum absolute atomic E-state index is 12.4. The van der Waals surface area contributed by atoms with Crippen LogP contribution < -0.4 is 5.32 Å². The van der Waals surface area contributed by atoms with Crippen molar-refractivity contribution in [1.82, 2.24) is 15.1 Å². The summed E-state index contributed by atoms with van der Waals surface area (Å²) in [7, 11) is 1.78. The molecule has 1 N–H and O–H groups in total. The van der Waals surface area contributed by atoms with Crippen molar-refractivity contribution >= 4 is 23.6 Å². The summed E-state index contributed by atoms with van der Waals surface area (Å²) >= 11 is 6.20. The van der Waals surface area contributed by atoms with Crippen LogP contribution >= 0.6 is 11.6 Å². The van der Waals surface area contributed by atoms with Crippen molar-refractivity contribution in [2.45, 2.75) is 26.3 Å². The van der Waals surface area contributed by atoms with Gasteiger partial charge < -0.3 is 5.32 Å². The number of rotatable bonds is 5. The molecule has 126 valence electrons. The zero-order valence-corrected chi connectivity index (χ0v) is 14.9. The van der Waals surface area contributed by atoms with Crippen LogP contribution in [-0.2, 0) is 11.8 Å². The van der Waals surface area contributed by atoms with Crippen molar-refractivity contribution in [1.29, 1.82) is 0 Å². The van der Waals surface area contributed by atoms with Crippen LogP contribution in [0, 0.1) is 18.8 Å². The molecule has 0 bridgehead atoms. The molecule has 0 saturated heterocycles. The molecule has 3 unspecified atom stereocenters.